The second kappa shape index (κ2) is 5.56. The summed E-state index contributed by atoms with van der Waals surface area (Å²) >= 11 is 0. The van der Waals surface area contributed by atoms with Crippen molar-refractivity contribution in [2.24, 2.45) is 0 Å². The maximum absolute atomic E-state index is 13.3. The lowest BCUT2D eigenvalue weighted by molar-refractivity contribution is 0.611. The minimum Gasteiger partial charge on any atom is -0.360 e. The van der Waals surface area contributed by atoms with E-state index in [2.05, 4.69) is 21.1 Å². The van der Waals surface area contributed by atoms with Gasteiger partial charge in [-0.3, -0.25) is 0 Å². The fourth-order valence-corrected chi connectivity index (χ4v) is 4.31. The third-order valence-corrected chi connectivity index (χ3v) is 5.47. The fraction of sp³-hybridized carbons (Fsp3) is 0.176. The molecule has 118 valence electrons. The molecule has 3 aromatic rings. The first-order valence-corrected chi connectivity index (χ1v) is 8.56. The van der Waals surface area contributed by atoms with Crippen LogP contribution in [0.2, 0.25) is 0 Å². The van der Waals surface area contributed by atoms with E-state index in [1.807, 2.05) is 25.4 Å². The van der Waals surface area contributed by atoms with E-state index in [-0.39, 0.29) is 11.9 Å². The summed E-state index contributed by atoms with van der Waals surface area (Å²) in [4.78, 5) is 3.95. The van der Waals surface area contributed by atoms with Crippen LogP contribution < -0.4 is 10.0 Å². The van der Waals surface area contributed by atoms with Crippen LogP contribution in [0.25, 0.3) is 22.0 Å². The van der Waals surface area contributed by atoms with E-state index < -0.39 is 11.0 Å². The molecule has 6 heteroatoms. The molecule has 23 heavy (non-hydrogen) atoms. The summed E-state index contributed by atoms with van der Waals surface area (Å²) in [5.41, 5.74) is 3.87. The number of fused-ring (bicyclic) bond motifs is 2. The molecule has 2 aromatic carbocycles. The van der Waals surface area contributed by atoms with Crippen LogP contribution in [0.5, 0.6) is 0 Å². The predicted octanol–water partition coefficient (Wildman–Crippen LogP) is 2.86. The topological polar surface area (TPSA) is 56.9 Å². The lowest BCUT2D eigenvalue weighted by Crippen LogP contribution is -2.25. The summed E-state index contributed by atoms with van der Waals surface area (Å²) in [5, 5.41) is 4.09. The number of hydrogen-bond acceptors (Lipinski definition) is 2. The largest absolute Gasteiger partial charge is 0.360 e. The van der Waals surface area contributed by atoms with Crippen LogP contribution in [0.1, 0.15) is 11.6 Å². The zero-order valence-electron chi connectivity index (χ0n) is 12.5. The van der Waals surface area contributed by atoms with Gasteiger partial charge in [-0.2, -0.15) is 0 Å². The molecular weight excluding hydrogens is 313 g/mol. The molecule has 1 aliphatic rings. The lowest BCUT2D eigenvalue weighted by atomic mass is 9.99. The molecule has 3 N–H and O–H groups in total. The molecule has 0 fully saturated rings. The number of benzene rings is 2. The van der Waals surface area contributed by atoms with Crippen molar-refractivity contribution in [2.45, 2.75) is 10.9 Å². The van der Waals surface area contributed by atoms with Gasteiger partial charge in [0, 0.05) is 29.2 Å². The molecule has 1 aromatic heterocycles. The Labute approximate surface area is 135 Å². The van der Waals surface area contributed by atoms with Gasteiger partial charge in [-0.05, 0) is 48.5 Å². The van der Waals surface area contributed by atoms with Crippen LogP contribution in [0.15, 0.2) is 47.5 Å². The van der Waals surface area contributed by atoms with Gasteiger partial charge in [0.15, 0.2) is 0 Å². The molecule has 1 aliphatic heterocycles. The van der Waals surface area contributed by atoms with Crippen molar-refractivity contribution >= 4 is 21.9 Å². The lowest BCUT2D eigenvalue weighted by Gasteiger charge is -2.10. The number of likely N-dealkylation sites (N-methyl/N-ethyl adjacent to an activating group) is 1. The molecule has 0 amide bonds. The van der Waals surface area contributed by atoms with Crippen LogP contribution in [-0.4, -0.2) is 22.8 Å². The highest BCUT2D eigenvalue weighted by molar-refractivity contribution is 7.83. The standard InChI is InChI=1S/C17H16FN3OS/c1-19-9-16-13-6-10(2-5-17(13)23(22)21-16)14-8-20-15-7-11(18)3-4-12(14)15/h2-8,16,19-21H,9H2,1H3. The van der Waals surface area contributed by atoms with E-state index >= 15 is 0 Å². The molecule has 0 saturated heterocycles. The first-order valence-electron chi connectivity index (χ1n) is 7.41. The quantitative estimate of drug-likeness (QED) is 0.692. The van der Waals surface area contributed by atoms with Crippen molar-refractivity contribution in [1.29, 1.82) is 0 Å². The Morgan fingerprint density at radius 1 is 1.26 bits per heavy atom. The Balaban J connectivity index is 1.83. The Morgan fingerprint density at radius 3 is 2.96 bits per heavy atom. The molecule has 4 rings (SSSR count). The number of aromatic nitrogens is 1. The van der Waals surface area contributed by atoms with E-state index in [4.69, 9.17) is 0 Å². The molecule has 0 saturated carbocycles. The first kappa shape index (κ1) is 14.6. The third kappa shape index (κ3) is 2.39. The maximum Gasteiger partial charge on any atom is 0.125 e. The summed E-state index contributed by atoms with van der Waals surface area (Å²) < 4.78 is 28.6. The Hall–Kier alpha value is -2.02. The van der Waals surface area contributed by atoms with Crippen molar-refractivity contribution in [3.63, 3.8) is 0 Å². The normalized spacial score (nSPS) is 20.1. The average Bonchev–Trinajstić information content (AvgIpc) is 3.09. The smallest absolute Gasteiger partial charge is 0.125 e. The molecule has 0 aliphatic carbocycles. The van der Waals surface area contributed by atoms with E-state index in [1.54, 1.807) is 6.07 Å². The molecule has 4 nitrogen and oxygen atoms in total. The molecule has 2 atom stereocenters. The Morgan fingerprint density at radius 2 is 2.13 bits per heavy atom. The second-order valence-corrected chi connectivity index (χ2v) is 6.85. The highest BCUT2D eigenvalue weighted by Gasteiger charge is 2.27. The monoisotopic (exact) mass is 329 g/mol. The Kier molecular flexibility index (Phi) is 3.52. The third-order valence-electron chi connectivity index (χ3n) is 4.20. The van der Waals surface area contributed by atoms with Crippen LogP contribution in [0.3, 0.4) is 0 Å². The number of halogens is 1. The minimum absolute atomic E-state index is 0.0263. The van der Waals surface area contributed by atoms with Crippen LogP contribution in [-0.2, 0) is 11.0 Å². The summed E-state index contributed by atoms with van der Waals surface area (Å²) in [6.07, 6.45) is 1.89. The molecule has 0 bridgehead atoms. The summed E-state index contributed by atoms with van der Waals surface area (Å²) in [5.74, 6) is -0.256. The summed E-state index contributed by atoms with van der Waals surface area (Å²) in [6, 6.07) is 10.7. The molecule has 2 unspecified atom stereocenters. The first-order chi connectivity index (χ1) is 11.2. The van der Waals surface area contributed by atoms with Gasteiger partial charge in [-0.15, -0.1) is 0 Å². The van der Waals surface area contributed by atoms with Gasteiger partial charge >= 0.3 is 0 Å². The van der Waals surface area contributed by atoms with Crippen LogP contribution in [0, 0.1) is 5.82 Å². The summed E-state index contributed by atoms with van der Waals surface area (Å²) in [7, 11) is 0.714. The van der Waals surface area contributed by atoms with Crippen molar-refractivity contribution in [3.8, 4) is 11.1 Å². The number of rotatable bonds is 3. The minimum atomic E-state index is -1.16. The van der Waals surface area contributed by atoms with Crippen molar-refractivity contribution in [2.75, 3.05) is 13.6 Å². The predicted molar refractivity (Wildman–Crippen MR) is 89.9 cm³/mol. The molecular formula is C17H16FN3OS. The van der Waals surface area contributed by atoms with E-state index in [0.717, 1.165) is 32.5 Å². The van der Waals surface area contributed by atoms with Crippen LogP contribution >= 0.6 is 0 Å². The maximum atomic E-state index is 13.3. The molecule has 2 heterocycles. The molecule has 0 radical (unpaired) electrons. The van der Waals surface area contributed by atoms with E-state index in [0.29, 0.717) is 6.54 Å². The van der Waals surface area contributed by atoms with Gasteiger partial charge in [-0.1, -0.05) is 6.07 Å². The van der Waals surface area contributed by atoms with Crippen LogP contribution in [0.4, 0.5) is 4.39 Å². The van der Waals surface area contributed by atoms with Crippen molar-refractivity contribution in [3.05, 3.63) is 54.0 Å². The average molecular weight is 329 g/mol. The number of hydrogen-bond donors (Lipinski definition) is 3. The van der Waals surface area contributed by atoms with Gasteiger partial charge in [-0.25, -0.2) is 13.3 Å². The number of H-pyrrole nitrogens is 1. The SMILES string of the molecule is CNCC1NS(=O)c2ccc(-c3c[nH]c4cc(F)ccc34)cc21. The molecule has 0 spiro atoms. The van der Waals surface area contributed by atoms with Gasteiger partial charge in [0.25, 0.3) is 0 Å². The van der Waals surface area contributed by atoms with E-state index in [1.165, 1.54) is 12.1 Å². The number of nitrogens with one attached hydrogen (secondary N) is 3. The highest BCUT2D eigenvalue weighted by Crippen LogP contribution is 2.35. The summed E-state index contributed by atoms with van der Waals surface area (Å²) in [6.45, 7) is 0.710. The van der Waals surface area contributed by atoms with Crippen molar-refractivity contribution in [1.82, 2.24) is 15.0 Å². The van der Waals surface area contributed by atoms with Gasteiger partial charge < -0.3 is 10.3 Å². The van der Waals surface area contributed by atoms with E-state index in [9.17, 15) is 8.60 Å². The zero-order chi connectivity index (χ0) is 16.0. The van der Waals surface area contributed by atoms with Gasteiger partial charge in [0.1, 0.15) is 16.8 Å². The second-order valence-electron chi connectivity index (χ2n) is 5.64. The van der Waals surface area contributed by atoms with Crippen molar-refractivity contribution < 1.29 is 8.60 Å². The Bertz CT molecular complexity index is 921. The zero-order valence-corrected chi connectivity index (χ0v) is 13.3. The van der Waals surface area contributed by atoms with Gasteiger partial charge in [0.2, 0.25) is 0 Å². The highest BCUT2D eigenvalue weighted by atomic mass is 32.2. The fourth-order valence-electron chi connectivity index (χ4n) is 3.11. The van der Waals surface area contributed by atoms with Gasteiger partial charge in [0.05, 0.1) is 10.9 Å². The number of aromatic amines is 1.